The third-order valence-electron chi connectivity index (χ3n) is 4.01. The number of benzene rings is 1. The molecule has 4 nitrogen and oxygen atoms in total. The zero-order valence-electron chi connectivity index (χ0n) is 10.5. The van der Waals surface area contributed by atoms with Crippen LogP contribution in [0.1, 0.15) is 19.3 Å². The van der Waals surface area contributed by atoms with Crippen LogP contribution < -0.4 is 16.0 Å². The molecule has 0 aromatic heterocycles. The van der Waals surface area contributed by atoms with Crippen LogP contribution in [0.25, 0.3) is 0 Å². The average molecular weight is 245 g/mol. The molecule has 1 aliphatic heterocycles. The molecule has 3 rings (SSSR count). The predicted octanol–water partition coefficient (Wildman–Crippen LogP) is 1.57. The van der Waals surface area contributed by atoms with Crippen molar-refractivity contribution in [2.75, 3.05) is 29.9 Å². The van der Waals surface area contributed by atoms with Gasteiger partial charge in [-0.3, -0.25) is 4.79 Å². The molecule has 0 unspecified atom stereocenters. The number of amides is 1. The molecule has 18 heavy (non-hydrogen) atoms. The minimum absolute atomic E-state index is 0.0808. The summed E-state index contributed by atoms with van der Waals surface area (Å²) in [6, 6.07) is 8.01. The largest absolute Gasteiger partial charge is 0.360 e. The molecule has 1 amide bonds. The molecule has 0 atom stereocenters. The van der Waals surface area contributed by atoms with Crippen molar-refractivity contribution in [3.8, 4) is 0 Å². The summed E-state index contributed by atoms with van der Waals surface area (Å²) in [5.41, 5.74) is 8.11. The molecule has 1 aliphatic carbocycles. The molecule has 1 heterocycles. The Morgan fingerprint density at radius 3 is 2.83 bits per heavy atom. The van der Waals surface area contributed by atoms with Gasteiger partial charge in [0.15, 0.2) is 0 Å². The Bertz CT molecular complexity index is 468. The Kier molecular flexibility index (Phi) is 2.74. The van der Waals surface area contributed by atoms with Gasteiger partial charge in [-0.05, 0) is 43.4 Å². The number of rotatable bonds is 4. The second kappa shape index (κ2) is 4.28. The van der Waals surface area contributed by atoms with E-state index in [1.165, 1.54) is 12.8 Å². The fourth-order valence-electron chi connectivity index (χ4n) is 2.82. The Hall–Kier alpha value is -1.55. The number of carbonyl (C=O) groups is 1. The first-order chi connectivity index (χ1) is 8.72. The van der Waals surface area contributed by atoms with Gasteiger partial charge in [0, 0.05) is 6.54 Å². The van der Waals surface area contributed by atoms with E-state index in [9.17, 15) is 4.79 Å². The highest BCUT2D eigenvalue weighted by Crippen LogP contribution is 2.50. The van der Waals surface area contributed by atoms with E-state index in [0.717, 1.165) is 30.9 Å². The van der Waals surface area contributed by atoms with E-state index in [1.807, 2.05) is 18.2 Å². The van der Waals surface area contributed by atoms with Gasteiger partial charge in [-0.2, -0.15) is 0 Å². The van der Waals surface area contributed by atoms with Crippen molar-refractivity contribution in [2.24, 2.45) is 11.1 Å². The van der Waals surface area contributed by atoms with Gasteiger partial charge >= 0.3 is 0 Å². The SMILES string of the molecule is NCCC1(CN2CC(=O)Nc3ccccc32)CC1. The monoisotopic (exact) mass is 245 g/mol. The highest BCUT2D eigenvalue weighted by atomic mass is 16.2. The Morgan fingerprint density at radius 1 is 1.33 bits per heavy atom. The maximum absolute atomic E-state index is 11.7. The highest BCUT2D eigenvalue weighted by Gasteiger charge is 2.43. The molecule has 96 valence electrons. The maximum atomic E-state index is 11.7. The Labute approximate surface area is 107 Å². The summed E-state index contributed by atoms with van der Waals surface area (Å²) in [4.78, 5) is 13.9. The highest BCUT2D eigenvalue weighted by molar-refractivity contribution is 6.01. The third kappa shape index (κ3) is 2.08. The van der Waals surface area contributed by atoms with Crippen molar-refractivity contribution in [1.29, 1.82) is 0 Å². The minimum atomic E-state index is 0.0808. The minimum Gasteiger partial charge on any atom is -0.360 e. The zero-order valence-corrected chi connectivity index (χ0v) is 10.5. The first-order valence-electron chi connectivity index (χ1n) is 6.56. The molecule has 1 saturated carbocycles. The van der Waals surface area contributed by atoms with Crippen LogP contribution in [-0.4, -0.2) is 25.5 Å². The van der Waals surface area contributed by atoms with E-state index in [-0.39, 0.29) is 5.91 Å². The molecular weight excluding hydrogens is 226 g/mol. The van der Waals surface area contributed by atoms with Crippen molar-refractivity contribution in [2.45, 2.75) is 19.3 Å². The summed E-state index contributed by atoms with van der Waals surface area (Å²) in [6.45, 7) is 2.15. The first-order valence-corrected chi connectivity index (χ1v) is 6.56. The van der Waals surface area contributed by atoms with Gasteiger partial charge in [-0.15, -0.1) is 0 Å². The van der Waals surface area contributed by atoms with Crippen LogP contribution in [0.5, 0.6) is 0 Å². The molecular formula is C14H19N3O. The lowest BCUT2D eigenvalue weighted by Gasteiger charge is -2.33. The molecule has 0 bridgehead atoms. The van der Waals surface area contributed by atoms with Crippen LogP contribution in [0.4, 0.5) is 11.4 Å². The first kappa shape index (κ1) is 11.5. The van der Waals surface area contributed by atoms with Crippen molar-refractivity contribution in [3.05, 3.63) is 24.3 Å². The number of para-hydroxylation sites is 2. The van der Waals surface area contributed by atoms with Gasteiger partial charge in [0.25, 0.3) is 0 Å². The van der Waals surface area contributed by atoms with Gasteiger partial charge in [-0.25, -0.2) is 0 Å². The van der Waals surface area contributed by atoms with E-state index >= 15 is 0 Å². The van der Waals surface area contributed by atoms with Crippen molar-refractivity contribution in [1.82, 2.24) is 0 Å². The van der Waals surface area contributed by atoms with Crippen molar-refractivity contribution in [3.63, 3.8) is 0 Å². The van der Waals surface area contributed by atoms with Crippen molar-refractivity contribution >= 4 is 17.3 Å². The molecule has 0 spiro atoms. The van der Waals surface area contributed by atoms with Gasteiger partial charge in [-0.1, -0.05) is 12.1 Å². The number of carbonyl (C=O) groups excluding carboxylic acids is 1. The number of fused-ring (bicyclic) bond motifs is 1. The summed E-state index contributed by atoms with van der Waals surface area (Å²) in [7, 11) is 0. The van der Waals surface area contributed by atoms with E-state index in [2.05, 4.69) is 16.3 Å². The fraction of sp³-hybridized carbons (Fsp3) is 0.500. The van der Waals surface area contributed by atoms with Crippen LogP contribution in [0, 0.1) is 5.41 Å². The quantitative estimate of drug-likeness (QED) is 0.846. The lowest BCUT2D eigenvalue weighted by atomic mass is 10.0. The normalized spacial score (nSPS) is 20.3. The summed E-state index contributed by atoms with van der Waals surface area (Å²) in [6.07, 6.45) is 3.54. The van der Waals surface area contributed by atoms with E-state index < -0.39 is 0 Å². The van der Waals surface area contributed by atoms with Crippen LogP contribution in [0.15, 0.2) is 24.3 Å². The summed E-state index contributed by atoms with van der Waals surface area (Å²) < 4.78 is 0. The lowest BCUT2D eigenvalue weighted by molar-refractivity contribution is -0.115. The number of anilines is 2. The van der Waals surface area contributed by atoms with Gasteiger partial charge in [0.1, 0.15) is 0 Å². The van der Waals surface area contributed by atoms with Crippen LogP contribution >= 0.6 is 0 Å². The molecule has 2 aliphatic rings. The van der Waals surface area contributed by atoms with E-state index in [0.29, 0.717) is 12.0 Å². The molecule has 1 aromatic rings. The molecule has 4 heteroatoms. The summed E-state index contributed by atoms with van der Waals surface area (Å²) in [5.74, 6) is 0.0808. The standard InChI is InChI=1S/C14H19N3O/c15-8-7-14(5-6-14)10-17-9-13(18)16-11-3-1-2-4-12(11)17/h1-4H,5-10,15H2,(H,16,18). The smallest absolute Gasteiger partial charge is 0.243 e. The second-order valence-corrected chi connectivity index (χ2v) is 5.46. The van der Waals surface area contributed by atoms with E-state index in [1.54, 1.807) is 0 Å². The molecule has 1 fully saturated rings. The fourth-order valence-corrected chi connectivity index (χ4v) is 2.82. The summed E-state index contributed by atoms with van der Waals surface area (Å²) in [5, 5.41) is 2.92. The maximum Gasteiger partial charge on any atom is 0.243 e. The zero-order chi connectivity index (χ0) is 12.6. The van der Waals surface area contributed by atoms with E-state index in [4.69, 9.17) is 5.73 Å². The Balaban J connectivity index is 1.82. The average Bonchev–Trinajstić information content (AvgIpc) is 3.09. The van der Waals surface area contributed by atoms with Crippen LogP contribution in [-0.2, 0) is 4.79 Å². The molecule has 3 N–H and O–H groups in total. The van der Waals surface area contributed by atoms with Crippen molar-refractivity contribution < 1.29 is 4.79 Å². The second-order valence-electron chi connectivity index (χ2n) is 5.46. The van der Waals surface area contributed by atoms with Gasteiger partial charge < -0.3 is 16.0 Å². The topological polar surface area (TPSA) is 58.4 Å². The number of hydrogen-bond acceptors (Lipinski definition) is 3. The predicted molar refractivity (Wildman–Crippen MR) is 72.6 cm³/mol. The molecule has 1 aromatic carbocycles. The van der Waals surface area contributed by atoms with Crippen LogP contribution in [0.3, 0.4) is 0 Å². The van der Waals surface area contributed by atoms with Crippen LogP contribution in [0.2, 0.25) is 0 Å². The summed E-state index contributed by atoms with van der Waals surface area (Å²) >= 11 is 0. The number of nitrogens with one attached hydrogen (secondary N) is 1. The Morgan fingerprint density at radius 2 is 2.11 bits per heavy atom. The lowest BCUT2D eigenvalue weighted by Crippen LogP contribution is -2.41. The number of hydrogen-bond donors (Lipinski definition) is 2. The number of nitrogens with two attached hydrogens (primary N) is 1. The number of nitrogens with zero attached hydrogens (tertiary/aromatic N) is 1. The third-order valence-corrected chi connectivity index (χ3v) is 4.01. The van der Waals surface area contributed by atoms with Gasteiger partial charge in [0.2, 0.25) is 5.91 Å². The van der Waals surface area contributed by atoms with Gasteiger partial charge in [0.05, 0.1) is 17.9 Å². The molecule has 0 saturated heterocycles. The molecule has 0 radical (unpaired) electrons.